The molecule has 1 unspecified atom stereocenters. The van der Waals surface area contributed by atoms with Gasteiger partial charge in [0.15, 0.2) is 0 Å². The Morgan fingerprint density at radius 3 is 2.59 bits per heavy atom. The highest BCUT2D eigenvalue weighted by molar-refractivity contribution is 5.25. The first-order chi connectivity index (χ1) is 8.40. The fourth-order valence-electron chi connectivity index (χ4n) is 2.70. The van der Waals surface area contributed by atoms with Crippen molar-refractivity contribution in [3.63, 3.8) is 0 Å². The molecule has 0 aliphatic carbocycles. The maximum absolute atomic E-state index is 3.69. The molecule has 1 N–H and O–H groups in total. The van der Waals surface area contributed by atoms with E-state index in [0.29, 0.717) is 6.04 Å². The third-order valence-corrected chi connectivity index (χ3v) is 3.73. The van der Waals surface area contributed by atoms with Gasteiger partial charge in [0, 0.05) is 6.04 Å². The Hall–Kier alpha value is -0.820. The molecule has 0 radical (unpaired) electrons. The molecule has 0 saturated carbocycles. The van der Waals surface area contributed by atoms with Gasteiger partial charge in [0.25, 0.3) is 0 Å². The van der Waals surface area contributed by atoms with Gasteiger partial charge in [0.1, 0.15) is 0 Å². The molecule has 17 heavy (non-hydrogen) atoms. The van der Waals surface area contributed by atoms with E-state index in [0.717, 1.165) is 0 Å². The van der Waals surface area contributed by atoms with Crippen LogP contribution in [0.5, 0.6) is 0 Å². The van der Waals surface area contributed by atoms with E-state index in [-0.39, 0.29) is 0 Å². The van der Waals surface area contributed by atoms with Crippen LogP contribution in [0.15, 0.2) is 24.3 Å². The summed E-state index contributed by atoms with van der Waals surface area (Å²) in [4.78, 5) is 0. The van der Waals surface area contributed by atoms with Gasteiger partial charge in [-0.2, -0.15) is 0 Å². The predicted octanol–water partition coefficient (Wildman–Crippen LogP) is 4.23. The molecule has 1 heterocycles. The van der Waals surface area contributed by atoms with Crippen molar-refractivity contribution in [2.75, 3.05) is 6.54 Å². The van der Waals surface area contributed by atoms with E-state index in [1.807, 2.05) is 0 Å². The van der Waals surface area contributed by atoms with E-state index in [1.165, 1.54) is 62.6 Å². The number of benzene rings is 1. The number of hydrogen-bond acceptors (Lipinski definition) is 1. The van der Waals surface area contributed by atoms with E-state index < -0.39 is 0 Å². The molecule has 1 nitrogen and oxygen atoms in total. The lowest BCUT2D eigenvalue weighted by molar-refractivity contribution is 0.427. The average molecular weight is 231 g/mol. The summed E-state index contributed by atoms with van der Waals surface area (Å²) in [5.74, 6) is 0. The van der Waals surface area contributed by atoms with Gasteiger partial charge < -0.3 is 5.32 Å². The molecule has 1 aliphatic rings. The second-order valence-corrected chi connectivity index (χ2v) is 5.20. The Labute approximate surface area is 106 Å². The van der Waals surface area contributed by atoms with Gasteiger partial charge in [-0.05, 0) is 36.9 Å². The molecule has 1 aromatic carbocycles. The molecule has 1 fully saturated rings. The van der Waals surface area contributed by atoms with Crippen molar-refractivity contribution in [3.8, 4) is 0 Å². The lowest BCUT2D eigenvalue weighted by Gasteiger charge is -2.22. The van der Waals surface area contributed by atoms with Crippen LogP contribution in [0.4, 0.5) is 0 Å². The molecular weight excluding hydrogens is 206 g/mol. The van der Waals surface area contributed by atoms with Gasteiger partial charge in [-0.15, -0.1) is 0 Å². The largest absolute Gasteiger partial charge is 0.310 e. The number of hydrogen-bond donors (Lipinski definition) is 1. The Morgan fingerprint density at radius 1 is 1.06 bits per heavy atom. The summed E-state index contributed by atoms with van der Waals surface area (Å²) in [6.45, 7) is 3.42. The van der Waals surface area contributed by atoms with Gasteiger partial charge in [-0.3, -0.25) is 0 Å². The molecule has 0 bridgehead atoms. The van der Waals surface area contributed by atoms with Crippen molar-refractivity contribution in [1.82, 2.24) is 5.32 Å². The van der Waals surface area contributed by atoms with Crippen LogP contribution < -0.4 is 5.32 Å². The van der Waals surface area contributed by atoms with Gasteiger partial charge in [-0.1, -0.05) is 56.9 Å². The molecule has 1 saturated heterocycles. The van der Waals surface area contributed by atoms with E-state index in [1.54, 1.807) is 0 Å². The minimum Gasteiger partial charge on any atom is -0.310 e. The molecule has 1 atom stereocenters. The van der Waals surface area contributed by atoms with E-state index in [2.05, 4.69) is 36.5 Å². The highest BCUT2D eigenvalue weighted by atomic mass is 14.9. The van der Waals surface area contributed by atoms with Gasteiger partial charge in [-0.25, -0.2) is 0 Å². The van der Waals surface area contributed by atoms with Gasteiger partial charge in [0.05, 0.1) is 0 Å². The number of nitrogens with one attached hydrogen (secondary N) is 1. The van der Waals surface area contributed by atoms with Crippen molar-refractivity contribution in [3.05, 3.63) is 35.4 Å². The molecule has 2 rings (SSSR count). The highest BCUT2D eigenvalue weighted by Gasteiger charge is 2.12. The molecule has 1 heteroatoms. The summed E-state index contributed by atoms with van der Waals surface area (Å²) in [5.41, 5.74) is 2.95. The minimum atomic E-state index is 0.589. The van der Waals surface area contributed by atoms with Crippen LogP contribution in [0.3, 0.4) is 0 Å². The summed E-state index contributed by atoms with van der Waals surface area (Å²) in [5, 5.41) is 3.69. The van der Waals surface area contributed by atoms with Crippen LogP contribution in [0, 0.1) is 0 Å². The Morgan fingerprint density at radius 2 is 1.82 bits per heavy atom. The summed E-state index contributed by atoms with van der Waals surface area (Å²) >= 11 is 0. The van der Waals surface area contributed by atoms with Crippen molar-refractivity contribution in [2.45, 2.75) is 57.9 Å². The zero-order valence-electron chi connectivity index (χ0n) is 11.0. The first kappa shape index (κ1) is 12.6. The van der Waals surface area contributed by atoms with Crippen LogP contribution in [-0.2, 0) is 6.42 Å². The van der Waals surface area contributed by atoms with Gasteiger partial charge in [0.2, 0.25) is 0 Å². The van der Waals surface area contributed by atoms with Gasteiger partial charge >= 0.3 is 0 Å². The first-order valence-corrected chi connectivity index (χ1v) is 7.22. The molecular formula is C16H25N. The molecule has 1 aromatic rings. The standard InChI is InChI=1S/C16H25N/c1-2-7-14-9-11-15(12-10-14)16-8-5-3-4-6-13-17-16/h9-12,16-17H,2-8,13H2,1H3. The molecule has 1 aliphatic heterocycles. The number of aryl methyl sites for hydroxylation is 1. The summed E-state index contributed by atoms with van der Waals surface area (Å²) in [6.07, 6.45) is 9.26. The smallest absolute Gasteiger partial charge is 0.0320 e. The molecule has 94 valence electrons. The zero-order chi connectivity index (χ0) is 11.9. The lowest BCUT2D eigenvalue weighted by atomic mass is 9.96. The minimum absolute atomic E-state index is 0.589. The topological polar surface area (TPSA) is 12.0 Å². The fraction of sp³-hybridized carbons (Fsp3) is 0.625. The highest BCUT2D eigenvalue weighted by Crippen LogP contribution is 2.22. The predicted molar refractivity (Wildman–Crippen MR) is 74.3 cm³/mol. The van der Waals surface area contributed by atoms with E-state index in [9.17, 15) is 0 Å². The summed E-state index contributed by atoms with van der Waals surface area (Å²) in [7, 11) is 0. The van der Waals surface area contributed by atoms with E-state index in [4.69, 9.17) is 0 Å². The van der Waals surface area contributed by atoms with Crippen molar-refractivity contribution >= 4 is 0 Å². The summed E-state index contributed by atoms with van der Waals surface area (Å²) < 4.78 is 0. The monoisotopic (exact) mass is 231 g/mol. The quantitative estimate of drug-likeness (QED) is 0.820. The second kappa shape index (κ2) is 6.80. The van der Waals surface area contributed by atoms with E-state index >= 15 is 0 Å². The Bertz CT molecular complexity index is 307. The normalized spacial score (nSPS) is 21.8. The first-order valence-electron chi connectivity index (χ1n) is 7.22. The lowest BCUT2D eigenvalue weighted by Crippen LogP contribution is -2.24. The van der Waals surface area contributed by atoms with Crippen LogP contribution in [0.25, 0.3) is 0 Å². The van der Waals surface area contributed by atoms with Crippen molar-refractivity contribution in [1.29, 1.82) is 0 Å². The van der Waals surface area contributed by atoms with Crippen LogP contribution in [0.2, 0.25) is 0 Å². The van der Waals surface area contributed by atoms with Crippen LogP contribution >= 0.6 is 0 Å². The Kier molecular flexibility index (Phi) is 5.06. The van der Waals surface area contributed by atoms with Crippen LogP contribution in [0.1, 0.15) is 62.6 Å². The molecule has 0 aromatic heterocycles. The average Bonchev–Trinajstić information content (AvgIpc) is 2.30. The van der Waals surface area contributed by atoms with Crippen molar-refractivity contribution in [2.24, 2.45) is 0 Å². The number of rotatable bonds is 3. The maximum atomic E-state index is 3.69. The zero-order valence-corrected chi connectivity index (χ0v) is 11.0. The molecule has 0 spiro atoms. The molecule has 0 amide bonds. The maximum Gasteiger partial charge on any atom is 0.0320 e. The third-order valence-electron chi connectivity index (χ3n) is 3.73. The third kappa shape index (κ3) is 3.85. The fourth-order valence-corrected chi connectivity index (χ4v) is 2.70. The summed E-state index contributed by atoms with van der Waals surface area (Å²) in [6, 6.07) is 9.85. The second-order valence-electron chi connectivity index (χ2n) is 5.20. The van der Waals surface area contributed by atoms with Crippen LogP contribution in [-0.4, -0.2) is 6.54 Å². The van der Waals surface area contributed by atoms with Crippen molar-refractivity contribution < 1.29 is 0 Å². The SMILES string of the molecule is CCCc1ccc(C2CCCCCCN2)cc1. The Balaban J connectivity index is 1.99.